The molecule has 0 saturated carbocycles. The Labute approximate surface area is 146 Å². The first-order valence-corrected chi connectivity index (χ1v) is 7.86. The standard InChI is InChI=1S/C18H19ClN2O3/c1-21(12-15-9-5-6-10-16(15)19)17(22)11-20-18(23)24-13-14-7-3-2-4-8-14/h2-10H,11-13H2,1H3,(H,20,23). The first-order valence-electron chi connectivity index (χ1n) is 7.48. The van der Waals surface area contributed by atoms with Crippen molar-refractivity contribution in [3.63, 3.8) is 0 Å². The van der Waals surface area contributed by atoms with Crippen molar-refractivity contribution in [2.75, 3.05) is 13.6 Å². The van der Waals surface area contributed by atoms with E-state index in [1.807, 2.05) is 48.5 Å². The highest BCUT2D eigenvalue weighted by Gasteiger charge is 2.12. The number of carbonyl (C=O) groups is 2. The van der Waals surface area contributed by atoms with E-state index in [1.54, 1.807) is 13.1 Å². The first-order chi connectivity index (χ1) is 11.6. The minimum atomic E-state index is -0.627. The Morgan fingerprint density at radius 2 is 1.75 bits per heavy atom. The van der Waals surface area contributed by atoms with Gasteiger partial charge in [0.2, 0.25) is 5.91 Å². The molecule has 0 unspecified atom stereocenters. The maximum absolute atomic E-state index is 12.0. The van der Waals surface area contributed by atoms with Crippen molar-refractivity contribution in [3.8, 4) is 0 Å². The van der Waals surface area contributed by atoms with E-state index in [2.05, 4.69) is 5.32 Å². The minimum absolute atomic E-state index is 0.130. The van der Waals surface area contributed by atoms with E-state index in [-0.39, 0.29) is 19.1 Å². The lowest BCUT2D eigenvalue weighted by Crippen LogP contribution is -2.38. The summed E-state index contributed by atoms with van der Waals surface area (Å²) < 4.78 is 5.05. The lowest BCUT2D eigenvalue weighted by atomic mass is 10.2. The number of rotatable bonds is 6. The number of likely N-dealkylation sites (N-methyl/N-ethyl adjacent to an activating group) is 1. The van der Waals surface area contributed by atoms with Crippen LogP contribution in [-0.4, -0.2) is 30.5 Å². The predicted octanol–water partition coefficient (Wildman–Crippen LogP) is 3.22. The molecule has 0 spiro atoms. The van der Waals surface area contributed by atoms with Gasteiger partial charge >= 0.3 is 6.09 Å². The highest BCUT2D eigenvalue weighted by Crippen LogP contribution is 2.16. The zero-order valence-electron chi connectivity index (χ0n) is 13.4. The van der Waals surface area contributed by atoms with E-state index in [9.17, 15) is 9.59 Å². The van der Waals surface area contributed by atoms with Crippen LogP contribution in [0.1, 0.15) is 11.1 Å². The van der Waals surface area contributed by atoms with Crippen LogP contribution >= 0.6 is 11.6 Å². The second kappa shape index (κ2) is 8.93. The van der Waals surface area contributed by atoms with Gasteiger partial charge in [-0.25, -0.2) is 4.79 Å². The third-order valence-electron chi connectivity index (χ3n) is 3.39. The summed E-state index contributed by atoms with van der Waals surface area (Å²) in [5, 5.41) is 3.05. The molecule has 0 aromatic heterocycles. The molecule has 24 heavy (non-hydrogen) atoms. The van der Waals surface area contributed by atoms with Crippen LogP contribution in [0.3, 0.4) is 0 Å². The maximum atomic E-state index is 12.0. The smallest absolute Gasteiger partial charge is 0.407 e. The van der Waals surface area contributed by atoms with Gasteiger partial charge in [-0.1, -0.05) is 60.1 Å². The van der Waals surface area contributed by atoms with Crippen LogP contribution in [0.5, 0.6) is 0 Å². The number of hydrogen-bond acceptors (Lipinski definition) is 3. The summed E-state index contributed by atoms with van der Waals surface area (Å²) in [5.74, 6) is -0.230. The molecule has 0 fully saturated rings. The molecule has 0 bridgehead atoms. The molecule has 2 aromatic rings. The van der Waals surface area contributed by atoms with Gasteiger partial charge in [0.05, 0.1) is 0 Å². The van der Waals surface area contributed by atoms with Gasteiger partial charge in [-0.15, -0.1) is 0 Å². The van der Waals surface area contributed by atoms with E-state index in [1.165, 1.54) is 4.90 Å². The fourth-order valence-electron chi connectivity index (χ4n) is 2.03. The Morgan fingerprint density at radius 1 is 1.08 bits per heavy atom. The molecule has 0 radical (unpaired) electrons. The van der Waals surface area contributed by atoms with Crippen LogP contribution in [0.25, 0.3) is 0 Å². The Morgan fingerprint density at radius 3 is 2.46 bits per heavy atom. The van der Waals surface area contributed by atoms with E-state index in [4.69, 9.17) is 16.3 Å². The van der Waals surface area contributed by atoms with E-state index >= 15 is 0 Å². The second-order valence-corrected chi connectivity index (χ2v) is 5.66. The molecule has 1 N–H and O–H groups in total. The molecule has 2 aromatic carbocycles. The van der Waals surface area contributed by atoms with Crippen molar-refractivity contribution in [1.29, 1.82) is 0 Å². The zero-order valence-corrected chi connectivity index (χ0v) is 14.1. The molecular weight excluding hydrogens is 328 g/mol. The van der Waals surface area contributed by atoms with E-state index in [0.717, 1.165) is 11.1 Å². The second-order valence-electron chi connectivity index (χ2n) is 5.26. The van der Waals surface area contributed by atoms with Gasteiger partial charge in [0, 0.05) is 18.6 Å². The molecule has 0 atom stereocenters. The monoisotopic (exact) mass is 346 g/mol. The van der Waals surface area contributed by atoms with Crippen LogP contribution in [0.15, 0.2) is 54.6 Å². The number of halogens is 1. The summed E-state index contributed by atoms with van der Waals surface area (Å²) >= 11 is 6.07. The topological polar surface area (TPSA) is 58.6 Å². The molecule has 2 rings (SSSR count). The summed E-state index contributed by atoms with van der Waals surface area (Å²) in [6.45, 7) is 0.407. The average Bonchev–Trinajstić information content (AvgIpc) is 2.60. The van der Waals surface area contributed by atoms with Gasteiger partial charge in [0.25, 0.3) is 0 Å². The average molecular weight is 347 g/mol. The van der Waals surface area contributed by atoms with Crippen LogP contribution in [0.2, 0.25) is 5.02 Å². The van der Waals surface area contributed by atoms with Crippen LogP contribution < -0.4 is 5.32 Å². The third-order valence-corrected chi connectivity index (χ3v) is 3.76. The lowest BCUT2D eigenvalue weighted by Gasteiger charge is -2.18. The Balaban J connectivity index is 1.73. The van der Waals surface area contributed by atoms with Gasteiger partial charge in [0.15, 0.2) is 0 Å². The van der Waals surface area contributed by atoms with Gasteiger partial charge in [-0.2, -0.15) is 0 Å². The number of hydrogen-bond donors (Lipinski definition) is 1. The van der Waals surface area contributed by atoms with Crippen molar-refractivity contribution in [2.24, 2.45) is 0 Å². The minimum Gasteiger partial charge on any atom is -0.445 e. The van der Waals surface area contributed by atoms with Crippen molar-refractivity contribution < 1.29 is 14.3 Å². The molecule has 126 valence electrons. The number of ether oxygens (including phenoxy) is 1. The van der Waals surface area contributed by atoms with Gasteiger partial charge in [-0.05, 0) is 17.2 Å². The first kappa shape index (κ1) is 17.8. The van der Waals surface area contributed by atoms with Crippen molar-refractivity contribution in [3.05, 3.63) is 70.7 Å². The van der Waals surface area contributed by atoms with Gasteiger partial charge in [-0.3, -0.25) is 4.79 Å². The Bertz CT molecular complexity index is 692. The number of alkyl carbamates (subject to hydrolysis) is 1. The molecule has 2 amide bonds. The molecule has 0 heterocycles. The van der Waals surface area contributed by atoms with Crippen LogP contribution in [-0.2, 0) is 22.7 Å². The predicted molar refractivity (Wildman–Crippen MR) is 92.6 cm³/mol. The molecule has 0 aliphatic carbocycles. The van der Waals surface area contributed by atoms with Crippen molar-refractivity contribution in [2.45, 2.75) is 13.2 Å². The van der Waals surface area contributed by atoms with Gasteiger partial charge < -0.3 is 15.0 Å². The Hall–Kier alpha value is -2.53. The van der Waals surface area contributed by atoms with Crippen molar-refractivity contribution in [1.82, 2.24) is 10.2 Å². The van der Waals surface area contributed by atoms with Crippen LogP contribution in [0, 0.1) is 0 Å². The summed E-state index contributed by atoms with van der Waals surface area (Å²) in [5.41, 5.74) is 1.73. The quantitative estimate of drug-likeness (QED) is 0.873. The maximum Gasteiger partial charge on any atom is 0.407 e. The largest absolute Gasteiger partial charge is 0.445 e. The summed E-state index contributed by atoms with van der Waals surface area (Å²) in [6.07, 6.45) is -0.627. The molecular formula is C18H19ClN2O3. The number of nitrogens with zero attached hydrogens (tertiary/aromatic N) is 1. The van der Waals surface area contributed by atoms with E-state index < -0.39 is 6.09 Å². The fraction of sp³-hybridized carbons (Fsp3) is 0.222. The number of nitrogens with one attached hydrogen (secondary N) is 1. The third kappa shape index (κ3) is 5.59. The summed E-state index contributed by atoms with van der Waals surface area (Å²) in [4.78, 5) is 25.2. The summed E-state index contributed by atoms with van der Waals surface area (Å²) in [7, 11) is 1.66. The molecule has 5 nitrogen and oxygen atoms in total. The molecule has 6 heteroatoms. The molecule has 0 aliphatic rings. The fourth-order valence-corrected chi connectivity index (χ4v) is 2.22. The normalized spacial score (nSPS) is 10.1. The number of benzene rings is 2. The number of carbonyl (C=O) groups excluding carboxylic acids is 2. The SMILES string of the molecule is CN(Cc1ccccc1Cl)C(=O)CNC(=O)OCc1ccccc1. The molecule has 0 saturated heterocycles. The number of amides is 2. The molecule has 0 aliphatic heterocycles. The lowest BCUT2D eigenvalue weighted by molar-refractivity contribution is -0.129. The summed E-state index contributed by atoms with van der Waals surface area (Å²) in [6, 6.07) is 16.6. The van der Waals surface area contributed by atoms with E-state index in [0.29, 0.717) is 11.6 Å². The van der Waals surface area contributed by atoms with Gasteiger partial charge in [0.1, 0.15) is 13.2 Å². The highest BCUT2D eigenvalue weighted by molar-refractivity contribution is 6.31. The van der Waals surface area contributed by atoms with Crippen molar-refractivity contribution >= 4 is 23.6 Å². The zero-order chi connectivity index (χ0) is 17.4. The highest BCUT2D eigenvalue weighted by atomic mass is 35.5. The Kier molecular flexibility index (Phi) is 6.63. The van der Waals surface area contributed by atoms with Crippen LogP contribution in [0.4, 0.5) is 4.79 Å².